The molecule has 3 aliphatic rings. The smallest absolute Gasteiger partial charge is 0.229 e. The molecule has 2 atom stereocenters. The van der Waals surface area contributed by atoms with Gasteiger partial charge in [0.25, 0.3) is 0 Å². The Morgan fingerprint density at radius 2 is 2.15 bits per heavy atom. The van der Waals surface area contributed by atoms with Gasteiger partial charge in [-0.1, -0.05) is 0 Å². The fraction of sp³-hybridized carbons (Fsp3) is 0.579. The number of hydrogen-bond donors (Lipinski definition) is 0. The highest BCUT2D eigenvalue weighted by Gasteiger charge is 2.43. The summed E-state index contributed by atoms with van der Waals surface area (Å²) in [5, 5.41) is 3.00. The first-order valence-corrected chi connectivity index (χ1v) is 10.5. The first kappa shape index (κ1) is 17.1. The van der Waals surface area contributed by atoms with Crippen molar-refractivity contribution >= 4 is 23.2 Å². The molecule has 5 heterocycles. The third-order valence-electron chi connectivity index (χ3n) is 5.76. The van der Waals surface area contributed by atoms with Gasteiger partial charge in [-0.05, 0) is 19.8 Å². The fourth-order valence-corrected chi connectivity index (χ4v) is 5.11. The molecule has 27 heavy (non-hydrogen) atoms. The van der Waals surface area contributed by atoms with Crippen molar-refractivity contribution < 1.29 is 9.53 Å². The molecule has 5 rings (SSSR count). The Labute approximate surface area is 162 Å². The number of carbonyl (C=O) groups is 1. The Morgan fingerprint density at radius 3 is 2.93 bits per heavy atom. The lowest BCUT2D eigenvalue weighted by atomic mass is 9.98. The van der Waals surface area contributed by atoms with Crippen LogP contribution in [0.4, 0.5) is 5.95 Å². The van der Waals surface area contributed by atoms with Crippen molar-refractivity contribution in [1.29, 1.82) is 0 Å². The van der Waals surface area contributed by atoms with E-state index in [2.05, 4.69) is 19.8 Å². The Hall–Kier alpha value is -2.06. The molecule has 8 heteroatoms. The van der Waals surface area contributed by atoms with E-state index >= 15 is 0 Å². The Kier molecular flexibility index (Phi) is 4.32. The zero-order valence-corrected chi connectivity index (χ0v) is 16.2. The van der Waals surface area contributed by atoms with Gasteiger partial charge < -0.3 is 14.5 Å². The SMILES string of the molecule is Cc1nc(CC(=O)N2[C@@H]3CC[C@@H]2c2cnc(N4CCOCC4)nc2C3)cs1. The molecular formula is C19H23N5O2S. The summed E-state index contributed by atoms with van der Waals surface area (Å²) in [6, 6.07) is 0.367. The normalized spacial score (nSPS) is 24.2. The number of morpholine rings is 1. The standard InChI is InChI=1S/C19H23N5O2S/c1-12-21-13(11-27-12)8-18(25)24-14-2-3-17(24)15-10-20-19(22-16(15)9-14)23-4-6-26-7-5-23/h10-11,14,17H,2-9H2,1H3/t14-,17-/m1/s1. The van der Waals surface area contributed by atoms with Crippen LogP contribution in [0.1, 0.15) is 40.8 Å². The van der Waals surface area contributed by atoms with Crippen molar-refractivity contribution in [2.24, 2.45) is 0 Å². The van der Waals surface area contributed by atoms with Gasteiger partial charge in [0.15, 0.2) is 0 Å². The van der Waals surface area contributed by atoms with Crippen LogP contribution in [0.5, 0.6) is 0 Å². The van der Waals surface area contributed by atoms with Crippen molar-refractivity contribution in [1.82, 2.24) is 19.9 Å². The highest BCUT2D eigenvalue weighted by atomic mass is 32.1. The third kappa shape index (κ3) is 3.10. The number of aromatic nitrogens is 3. The number of rotatable bonds is 3. The molecule has 142 valence electrons. The Morgan fingerprint density at radius 1 is 1.30 bits per heavy atom. The lowest BCUT2D eigenvalue weighted by molar-refractivity contribution is -0.134. The molecule has 1 amide bonds. The van der Waals surface area contributed by atoms with Crippen LogP contribution in [0.2, 0.25) is 0 Å². The highest BCUT2D eigenvalue weighted by Crippen LogP contribution is 2.43. The molecule has 0 saturated carbocycles. The van der Waals surface area contributed by atoms with E-state index in [1.165, 1.54) is 0 Å². The number of carbonyl (C=O) groups excluding carboxylic acids is 1. The van der Waals surface area contributed by atoms with Crippen LogP contribution in [-0.4, -0.2) is 58.1 Å². The molecule has 0 N–H and O–H groups in total. The van der Waals surface area contributed by atoms with E-state index in [9.17, 15) is 4.79 Å². The summed E-state index contributed by atoms with van der Waals surface area (Å²) >= 11 is 1.60. The van der Waals surface area contributed by atoms with E-state index in [-0.39, 0.29) is 18.0 Å². The van der Waals surface area contributed by atoms with Crippen molar-refractivity contribution in [2.45, 2.75) is 44.7 Å². The average Bonchev–Trinajstić information content (AvgIpc) is 3.24. The molecule has 2 saturated heterocycles. The molecule has 0 spiro atoms. The van der Waals surface area contributed by atoms with Gasteiger partial charge in [-0.3, -0.25) is 4.79 Å². The number of ether oxygens (including phenoxy) is 1. The highest BCUT2D eigenvalue weighted by molar-refractivity contribution is 7.09. The summed E-state index contributed by atoms with van der Waals surface area (Å²) in [5.41, 5.74) is 3.13. The van der Waals surface area contributed by atoms with E-state index in [4.69, 9.17) is 9.72 Å². The number of aryl methyl sites for hydroxylation is 1. The summed E-state index contributed by atoms with van der Waals surface area (Å²) < 4.78 is 5.42. The molecule has 0 aromatic carbocycles. The molecule has 0 radical (unpaired) electrons. The van der Waals surface area contributed by atoms with Crippen molar-refractivity contribution in [3.63, 3.8) is 0 Å². The maximum absolute atomic E-state index is 13.0. The minimum atomic E-state index is 0.115. The lowest BCUT2D eigenvalue weighted by Gasteiger charge is -2.36. The average molecular weight is 385 g/mol. The number of hydrogen-bond acceptors (Lipinski definition) is 7. The quantitative estimate of drug-likeness (QED) is 0.804. The van der Waals surface area contributed by atoms with E-state index in [1.807, 2.05) is 18.5 Å². The largest absolute Gasteiger partial charge is 0.378 e. The topological polar surface area (TPSA) is 71.5 Å². The maximum Gasteiger partial charge on any atom is 0.229 e. The van der Waals surface area contributed by atoms with Crippen molar-refractivity contribution in [3.8, 4) is 0 Å². The Bertz CT molecular complexity index is 864. The van der Waals surface area contributed by atoms with Gasteiger partial charge in [0.05, 0.1) is 42.1 Å². The third-order valence-corrected chi connectivity index (χ3v) is 6.58. The van der Waals surface area contributed by atoms with Gasteiger partial charge in [0, 0.05) is 42.7 Å². The first-order chi connectivity index (χ1) is 13.2. The molecule has 2 bridgehead atoms. The number of fused-ring (bicyclic) bond motifs is 4. The minimum Gasteiger partial charge on any atom is -0.378 e. The molecule has 3 aliphatic heterocycles. The molecule has 2 fully saturated rings. The number of nitrogens with zero attached hydrogens (tertiary/aromatic N) is 5. The van der Waals surface area contributed by atoms with Gasteiger partial charge in [-0.25, -0.2) is 15.0 Å². The summed E-state index contributed by atoms with van der Waals surface area (Å²) in [7, 11) is 0. The monoisotopic (exact) mass is 385 g/mol. The van der Waals surface area contributed by atoms with Crippen molar-refractivity contribution in [3.05, 3.63) is 33.5 Å². The number of anilines is 1. The second kappa shape index (κ2) is 6.83. The van der Waals surface area contributed by atoms with Gasteiger partial charge >= 0.3 is 0 Å². The lowest BCUT2D eigenvalue weighted by Crippen LogP contribution is -2.43. The second-order valence-electron chi connectivity index (χ2n) is 7.46. The van der Waals surface area contributed by atoms with Crippen LogP contribution >= 0.6 is 11.3 Å². The summed E-state index contributed by atoms with van der Waals surface area (Å²) in [6.45, 7) is 5.10. The zero-order valence-electron chi connectivity index (χ0n) is 15.4. The van der Waals surface area contributed by atoms with Crippen LogP contribution in [0.3, 0.4) is 0 Å². The van der Waals surface area contributed by atoms with Crippen LogP contribution < -0.4 is 4.90 Å². The maximum atomic E-state index is 13.0. The minimum absolute atomic E-state index is 0.115. The molecule has 0 aliphatic carbocycles. The van der Waals surface area contributed by atoms with Crippen LogP contribution in [-0.2, 0) is 22.4 Å². The molecule has 0 unspecified atom stereocenters. The zero-order chi connectivity index (χ0) is 18.4. The summed E-state index contributed by atoms with van der Waals surface area (Å²) in [6.07, 6.45) is 5.20. The predicted octanol–water partition coefficient (Wildman–Crippen LogP) is 1.91. The molecule has 7 nitrogen and oxygen atoms in total. The number of thiazole rings is 1. The van der Waals surface area contributed by atoms with E-state index in [0.29, 0.717) is 6.42 Å². The molecule has 2 aromatic rings. The van der Waals surface area contributed by atoms with Gasteiger partial charge in [0.1, 0.15) is 0 Å². The summed E-state index contributed by atoms with van der Waals surface area (Å²) in [5.74, 6) is 0.977. The van der Waals surface area contributed by atoms with Crippen LogP contribution in [0.25, 0.3) is 0 Å². The van der Waals surface area contributed by atoms with Crippen molar-refractivity contribution in [2.75, 3.05) is 31.2 Å². The van der Waals surface area contributed by atoms with E-state index in [0.717, 1.165) is 73.5 Å². The molecule has 2 aromatic heterocycles. The number of amides is 1. The van der Waals surface area contributed by atoms with E-state index < -0.39 is 0 Å². The van der Waals surface area contributed by atoms with Gasteiger partial charge in [-0.15, -0.1) is 11.3 Å². The first-order valence-electron chi connectivity index (χ1n) is 9.60. The molecular weight excluding hydrogens is 362 g/mol. The van der Waals surface area contributed by atoms with Crippen LogP contribution in [0.15, 0.2) is 11.6 Å². The Balaban J connectivity index is 1.37. The van der Waals surface area contributed by atoms with E-state index in [1.54, 1.807) is 11.3 Å². The fourth-order valence-electron chi connectivity index (χ4n) is 4.50. The van der Waals surface area contributed by atoms with Gasteiger partial charge in [0.2, 0.25) is 11.9 Å². The second-order valence-corrected chi connectivity index (χ2v) is 8.52. The summed E-state index contributed by atoms with van der Waals surface area (Å²) in [4.78, 5) is 31.2. The predicted molar refractivity (Wildman–Crippen MR) is 102 cm³/mol. The van der Waals surface area contributed by atoms with Gasteiger partial charge in [-0.2, -0.15) is 0 Å². The van der Waals surface area contributed by atoms with Crippen LogP contribution in [0, 0.1) is 6.92 Å².